The maximum absolute atomic E-state index is 12.8. The van der Waals surface area contributed by atoms with Crippen molar-refractivity contribution in [3.63, 3.8) is 0 Å². The normalized spacial score (nSPS) is 10.4. The zero-order valence-electron chi connectivity index (χ0n) is 17.9. The molecule has 32 heavy (non-hydrogen) atoms. The average Bonchev–Trinajstić information content (AvgIpc) is 2.76. The maximum Gasteiger partial charge on any atom is 0.338 e. The number of esters is 2. The molecule has 2 amide bonds. The lowest BCUT2D eigenvalue weighted by Crippen LogP contribution is -2.21. The van der Waals surface area contributed by atoms with E-state index < -0.39 is 36.2 Å². The molecule has 8 nitrogen and oxygen atoms in total. The molecule has 2 N–H and O–H groups in total. The number of rotatable bonds is 10. The van der Waals surface area contributed by atoms with Crippen LogP contribution in [0.2, 0.25) is 0 Å². The molecule has 170 valence electrons. The number of carbonyl (C=O) groups excluding carboxylic acids is 4. The fourth-order valence-electron chi connectivity index (χ4n) is 2.40. The molecule has 0 aliphatic carbocycles. The van der Waals surface area contributed by atoms with Crippen molar-refractivity contribution < 1.29 is 33.0 Å². The highest BCUT2D eigenvalue weighted by atomic mass is 19.1. The van der Waals surface area contributed by atoms with Crippen LogP contribution in [-0.4, -0.2) is 37.0 Å². The van der Waals surface area contributed by atoms with Gasteiger partial charge in [0.2, 0.25) is 5.91 Å². The van der Waals surface area contributed by atoms with Crippen LogP contribution in [0, 0.1) is 11.7 Å². The summed E-state index contributed by atoms with van der Waals surface area (Å²) in [5.74, 6) is -2.37. The summed E-state index contributed by atoms with van der Waals surface area (Å²) in [6.07, 6.45) is -0.361. The van der Waals surface area contributed by atoms with Crippen LogP contribution in [0.1, 0.15) is 37.0 Å². The third-order valence-electron chi connectivity index (χ3n) is 4.00. The third kappa shape index (κ3) is 8.95. The minimum atomic E-state index is -0.711. The van der Waals surface area contributed by atoms with Crippen molar-refractivity contribution in [2.75, 3.05) is 23.8 Å². The Morgan fingerprint density at radius 1 is 0.812 bits per heavy atom. The maximum atomic E-state index is 12.8. The standard InChI is InChI=1S/C23H25FN2O6/c1-15(2)13-32-23(30)16-3-7-18(8-4-16)26-21(28)14-31-22(29)12-11-20(27)25-19-9-5-17(24)6-10-19/h3-10,15H,11-14H2,1-2H3,(H,25,27)(H,26,28). The van der Waals surface area contributed by atoms with Crippen molar-refractivity contribution in [1.29, 1.82) is 0 Å². The van der Waals surface area contributed by atoms with Crippen molar-refractivity contribution in [1.82, 2.24) is 0 Å². The molecular formula is C23H25FN2O6. The third-order valence-corrected chi connectivity index (χ3v) is 4.00. The van der Waals surface area contributed by atoms with Gasteiger partial charge in [0.05, 0.1) is 18.6 Å². The molecule has 0 heterocycles. The highest BCUT2D eigenvalue weighted by Crippen LogP contribution is 2.12. The van der Waals surface area contributed by atoms with Gasteiger partial charge in [0.1, 0.15) is 5.82 Å². The Hall–Kier alpha value is -3.75. The van der Waals surface area contributed by atoms with E-state index in [4.69, 9.17) is 9.47 Å². The summed E-state index contributed by atoms with van der Waals surface area (Å²) in [6, 6.07) is 11.3. The smallest absolute Gasteiger partial charge is 0.338 e. The highest BCUT2D eigenvalue weighted by Gasteiger charge is 2.12. The number of nitrogens with one attached hydrogen (secondary N) is 2. The van der Waals surface area contributed by atoms with Crippen LogP contribution in [0.15, 0.2) is 48.5 Å². The lowest BCUT2D eigenvalue weighted by molar-refractivity contribution is -0.147. The Balaban J connectivity index is 1.68. The molecule has 0 aromatic heterocycles. The van der Waals surface area contributed by atoms with E-state index in [1.54, 1.807) is 0 Å². The molecule has 2 aromatic carbocycles. The van der Waals surface area contributed by atoms with Crippen LogP contribution in [0.5, 0.6) is 0 Å². The van der Waals surface area contributed by atoms with Gasteiger partial charge in [-0.1, -0.05) is 13.8 Å². The number of hydrogen-bond acceptors (Lipinski definition) is 6. The van der Waals surface area contributed by atoms with E-state index in [1.165, 1.54) is 48.5 Å². The van der Waals surface area contributed by atoms with E-state index in [2.05, 4.69) is 10.6 Å². The second kappa shape index (κ2) is 12.2. The monoisotopic (exact) mass is 444 g/mol. The Morgan fingerprint density at radius 3 is 1.97 bits per heavy atom. The molecule has 0 fully saturated rings. The Bertz CT molecular complexity index is 942. The van der Waals surface area contributed by atoms with Crippen molar-refractivity contribution in [2.45, 2.75) is 26.7 Å². The minimum Gasteiger partial charge on any atom is -0.462 e. The van der Waals surface area contributed by atoms with Gasteiger partial charge >= 0.3 is 11.9 Å². The SMILES string of the molecule is CC(C)COC(=O)c1ccc(NC(=O)COC(=O)CCC(=O)Nc2ccc(F)cc2)cc1. The molecule has 0 saturated heterocycles. The second-order valence-electron chi connectivity index (χ2n) is 7.33. The molecular weight excluding hydrogens is 419 g/mol. The molecule has 0 aliphatic heterocycles. The summed E-state index contributed by atoms with van der Waals surface area (Å²) < 4.78 is 22.8. The molecule has 2 rings (SSSR count). The van der Waals surface area contributed by atoms with Crippen molar-refractivity contribution in [3.05, 3.63) is 59.9 Å². The fourth-order valence-corrected chi connectivity index (χ4v) is 2.40. The van der Waals surface area contributed by atoms with Gasteiger partial charge in [-0.3, -0.25) is 14.4 Å². The van der Waals surface area contributed by atoms with Gasteiger partial charge in [-0.25, -0.2) is 9.18 Å². The van der Waals surface area contributed by atoms with Crippen LogP contribution < -0.4 is 10.6 Å². The summed E-state index contributed by atoms with van der Waals surface area (Å²) >= 11 is 0. The summed E-state index contributed by atoms with van der Waals surface area (Å²) in [6.45, 7) is 3.66. The van der Waals surface area contributed by atoms with Crippen LogP contribution in [0.4, 0.5) is 15.8 Å². The second-order valence-corrected chi connectivity index (χ2v) is 7.33. The predicted molar refractivity (Wildman–Crippen MR) is 115 cm³/mol. The first-order chi connectivity index (χ1) is 15.2. The van der Waals surface area contributed by atoms with E-state index >= 15 is 0 Å². The summed E-state index contributed by atoms with van der Waals surface area (Å²) in [7, 11) is 0. The first-order valence-electron chi connectivity index (χ1n) is 10.0. The van der Waals surface area contributed by atoms with Gasteiger partial charge < -0.3 is 20.1 Å². The summed E-state index contributed by atoms with van der Waals surface area (Å²) in [5.41, 5.74) is 1.18. The van der Waals surface area contributed by atoms with Gasteiger partial charge in [-0.15, -0.1) is 0 Å². The van der Waals surface area contributed by atoms with Gasteiger partial charge in [0.15, 0.2) is 6.61 Å². The summed E-state index contributed by atoms with van der Waals surface area (Å²) in [4.78, 5) is 47.4. The lowest BCUT2D eigenvalue weighted by Gasteiger charge is -2.09. The van der Waals surface area contributed by atoms with Crippen LogP contribution in [-0.2, 0) is 23.9 Å². The number of amides is 2. The Kier molecular flexibility index (Phi) is 9.34. The minimum absolute atomic E-state index is 0.147. The van der Waals surface area contributed by atoms with Crippen molar-refractivity contribution in [3.8, 4) is 0 Å². The van der Waals surface area contributed by atoms with E-state index in [-0.39, 0.29) is 18.8 Å². The zero-order valence-corrected chi connectivity index (χ0v) is 17.9. The fraction of sp³-hybridized carbons (Fsp3) is 0.304. The van der Waals surface area contributed by atoms with Crippen LogP contribution in [0.25, 0.3) is 0 Å². The zero-order chi connectivity index (χ0) is 23.5. The van der Waals surface area contributed by atoms with E-state index in [0.717, 1.165) is 0 Å². The number of carbonyl (C=O) groups is 4. The molecule has 0 saturated carbocycles. The largest absolute Gasteiger partial charge is 0.462 e. The predicted octanol–water partition coefficient (Wildman–Crippen LogP) is 3.54. The van der Waals surface area contributed by atoms with Gasteiger partial charge in [0.25, 0.3) is 5.91 Å². The number of anilines is 2. The molecule has 0 unspecified atom stereocenters. The molecule has 0 aliphatic rings. The molecule has 0 atom stereocenters. The molecule has 9 heteroatoms. The van der Waals surface area contributed by atoms with E-state index in [0.29, 0.717) is 23.5 Å². The number of hydrogen-bond donors (Lipinski definition) is 2. The molecule has 0 spiro atoms. The number of halogens is 1. The van der Waals surface area contributed by atoms with Gasteiger partial charge in [-0.05, 0) is 54.4 Å². The first-order valence-corrected chi connectivity index (χ1v) is 10.0. The highest BCUT2D eigenvalue weighted by molar-refractivity contribution is 5.95. The van der Waals surface area contributed by atoms with E-state index in [1.807, 2.05) is 13.8 Å². The van der Waals surface area contributed by atoms with Gasteiger partial charge in [-0.2, -0.15) is 0 Å². The lowest BCUT2D eigenvalue weighted by atomic mass is 10.2. The first kappa shape index (κ1) is 24.5. The van der Waals surface area contributed by atoms with Crippen LogP contribution in [0.3, 0.4) is 0 Å². The van der Waals surface area contributed by atoms with E-state index in [9.17, 15) is 23.6 Å². The topological polar surface area (TPSA) is 111 Å². The molecule has 0 radical (unpaired) electrons. The van der Waals surface area contributed by atoms with Crippen molar-refractivity contribution >= 4 is 35.1 Å². The summed E-state index contributed by atoms with van der Waals surface area (Å²) in [5, 5.41) is 5.06. The quantitative estimate of drug-likeness (QED) is 0.543. The number of ether oxygens (including phenoxy) is 2. The number of benzene rings is 2. The van der Waals surface area contributed by atoms with Crippen LogP contribution >= 0.6 is 0 Å². The Labute approximate surface area is 185 Å². The molecule has 2 aromatic rings. The Morgan fingerprint density at radius 2 is 1.38 bits per heavy atom. The molecule has 0 bridgehead atoms. The van der Waals surface area contributed by atoms with Crippen molar-refractivity contribution in [2.24, 2.45) is 5.92 Å². The van der Waals surface area contributed by atoms with Gasteiger partial charge in [0, 0.05) is 17.8 Å². The average molecular weight is 444 g/mol.